The Bertz CT molecular complexity index is 684. The monoisotopic (exact) mass is 299 g/mol. The minimum absolute atomic E-state index is 0.393. The largest absolute Gasteiger partial charge is 0.352 e. The molecule has 1 aromatic heterocycles. The summed E-state index contributed by atoms with van der Waals surface area (Å²) in [7, 11) is 0. The van der Waals surface area contributed by atoms with Crippen molar-refractivity contribution in [2.75, 3.05) is 11.4 Å². The molecule has 4 rings (SSSR count). The molecule has 4 heteroatoms. The van der Waals surface area contributed by atoms with E-state index in [1.807, 2.05) is 0 Å². The average Bonchev–Trinajstić information content (AvgIpc) is 2.53. The maximum absolute atomic E-state index is 6.15. The Morgan fingerprint density at radius 2 is 1.76 bits per heavy atom. The Hall–Kier alpha value is -1.61. The number of hydrogen-bond acceptors (Lipinski definition) is 3. The van der Waals surface area contributed by atoms with Crippen molar-refractivity contribution in [2.24, 2.45) is 0 Å². The van der Waals surface area contributed by atoms with E-state index in [0.717, 1.165) is 43.9 Å². The van der Waals surface area contributed by atoms with E-state index in [9.17, 15) is 0 Å². The number of anilines is 1. The van der Waals surface area contributed by atoms with Gasteiger partial charge < -0.3 is 4.90 Å². The first-order valence-electron chi connectivity index (χ1n) is 7.68. The van der Waals surface area contributed by atoms with Gasteiger partial charge in [0.1, 0.15) is 5.82 Å². The smallest absolute Gasteiger partial charge is 0.224 e. The summed E-state index contributed by atoms with van der Waals surface area (Å²) in [6.07, 6.45) is 5.64. The Balaban J connectivity index is 1.73. The first kappa shape index (κ1) is 13.1. The van der Waals surface area contributed by atoms with Crippen LogP contribution in [0.1, 0.15) is 35.2 Å². The highest BCUT2D eigenvalue weighted by atomic mass is 35.5. The van der Waals surface area contributed by atoms with E-state index in [2.05, 4.69) is 39.1 Å². The zero-order valence-corrected chi connectivity index (χ0v) is 12.7. The van der Waals surface area contributed by atoms with E-state index < -0.39 is 0 Å². The Morgan fingerprint density at radius 3 is 2.67 bits per heavy atom. The average molecular weight is 300 g/mol. The Kier molecular flexibility index (Phi) is 3.30. The molecule has 0 atom stereocenters. The van der Waals surface area contributed by atoms with Gasteiger partial charge in [-0.3, -0.25) is 0 Å². The van der Waals surface area contributed by atoms with Crippen molar-refractivity contribution in [3.05, 3.63) is 51.9 Å². The normalized spacial score (nSPS) is 17.3. The van der Waals surface area contributed by atoms with E-state index >= 15 is 0 Å². The summed E-state index contributed by atoms with van der Waals surface area (Å²) in [6.45, 7) is 1.94. The molecule has 3 nitrogen and oxygen atoms in total. The molecule has 0 saturated carbocycles. The fourth-order valence-electron chi connectivity index (χ4n) is 3.48. The molecule has 0 saturated heterocycles. The van der Waals surface area contributed by atoms with Crippen molar-refractivity contribution in [3.63, 3.8) is 0 Å². The van der Waals surface area contributed by atoms with Crippen LogP contribution in [0.4, 0.5) is 5.82 Å². The molecule has 108 valence electrons. The van der Waals surface area contributed by atoms with Gasteiger partial charge in [0.05, 0.1) is 5.69 Å². The van der Waals surface area contributed by atoms with Gasteiger partial charge in [0.15, 0.2) is 0 Å². The van der Waals surface area contributed by atoms with Crippen LogP contribution in [0.15, 0.2) is 24.3 Å². The number of rotatable bonds is 1. The molecular formula is C17H18ClN3. The predicted molar refractivity (Wildman–Crippen MR) is 84.9 cm³/mol. The summed E-state index contributed by atoms with van der Waals surface area (Å²) in [5, 5.41) is 0.393. The standard InChI is InChI=1S/C17H18ClN3/c18-17-19-15-8-4-3-7-14(15)16(20-17)21-10-9-12-5-1-2-6-13(12)11-21/h1-2,5-6H,3-4,7-11H2. The highest BCUT2D eigenvalue weighted by Crippen LogP contribution is 2.32. The van der Waals surface area contributed by atoms with Crippen LogP contribution in [0.2, 0.25) is 5.28 Å². The van der Waals surface area contributed by atoms with Crippen LogP contribution in [-0.2, 0) is 25.8 Å². The first-order chi connectivity index (χ1) is 10.3. The number of aryl methyl sites for hydroxylation is 1. The Labute approximate surface area is 130 Å². The maximum Gasteiger partial charge on any atom is 0.224 e. The summed E-state index contributed by atoms with van der Waals surface area (Å²) < 4.78 is 0. The maximum atomic E-state index is 6.15. The predicted octanol–water partition coefficient (Wildman–Crippen LogP) is 3.57. The summed E-state index contributed by atoms with van der Waals surface area (Å²) in [6, 6.07) is 8.69. The molecule has 1 aliphatic carbocycles. The third-order valence-corrected chi connectivity index (χ3v) is 4.73. The van der Waals surface area contributed by atoms with Gasteiger partial charge >= 0.3 is 0 Å². The summed E-state index contributed by atoms with van der Waals surface area (Å²) in [5.41, 5.74) is 5.35. The molecule has 0 N–H and O–H groups in total. The van der Waals surface area contributed by atoms with Crippen molar-refractivity contribution in [3.8, 4) is 0 Å². The number of halogens is 1. The zero-order valence-electron chi connectivity index (χ0n) is 12.0. The molecule has 0 unspecified atom stereocenters. The van der Waals surface area contributed by atoms with Crippen molar-refractivity contribution < 1.29 is 0 Å². The highest BCUT2D eigenvalue weighted by Gasteiger charge is 2.24. The number of hydrogen-bond donors (Lipinski definition) is 0. The van der Waals surface area contributed by atoms with E-state index in [-0.39, 0.29) is 0 Å². The lowest BCUT2D eigenvalue weighted by molar-refractivity contribution is 0.645. The van der Waals surface area contributed by atoms with Crippen LogP contribution in [-0.4, -0.2) is 16.5 Å². The van der Waals surface area contributed by atoms with Crippen molar-refractivity contribution in [1.29, 1.82) is 0 Å². The van der Waals surface area contributed by atoms with Gasteiger partial charge in [0, 0.05) is 18.7 Å². The molecule has 2 aromatic rings. The van der Waals surface area contributed by atoms with E-state index in [0.29, 0.717) is 5.28 Å². The second kappa shape index (κ2) is 5.30. The molecule has 0 fully saturated rings. The number of fused-ring (bicyclic) bond motifs is 2. The van der Waals surface area contributed by atoms with Crippen LogP contribution in [0.5, 0.6) is 0 Å². The molecule has 0 spiro atoms. The van der Waals surface area contributed by atoms with E-state index in [1.54, 1.807) is 0 Å². The molecule has 0 amide bonds. The van der Waals surface area contributed by atoms with Crippen LogP contribution < -0.4 is 4.90 Å². The molecule has 21 heavy (non-hydrogen) atoms. The number of benzene rings is 1. The minimum Gasteiger partial charge on any atom is -0.352 e. The molecular weight excluding hydrogens is 282 g/mol. The lowest BCUT2D eigenvalue weighted by atomic mass is 9.94. The van der Waals surface area contributed by atoms with Gasteiger partial charge in [0.25, 0.3) is 0 Å². The molecule has 2 heterocycles. The highest BCUT2D eigenvalue weighted by molar-refractivity contribution is 6.28. The minimum atomic E-state index is 0.393. The first-order valence-corrected chi connectivity index (χ1v) is 8.06. The third kappa shape index (κ3) is 2.40. The van der Waals surface area contributed by atoms with Crippen molar-refractivity contribution in [1.82, 2.24) is 9.97 Å². The summed E-state index contributed by atoms with van der Waals surface area (Å²) in [4.78, 5) is 11.4. The van der Waals surface area contributed by atoms with E-state index in [4.69, 9.17) is 11.6 Å². The summed E-state index contributed by atoms with van der Waals surface area (Å²) >= 11 is 6.15. The molecule has 2 aliphatic rings. The van der Waals surface area contributed by atoms with E-state index in [1.165, 1.54) is 29.5 Å². The Morgan fingerprint density at radius 1 is 0.952 bits per heavy atom. The zero-order chi connectivity index (χ0) is 14.2. The van der Waals surface area contributed by atoms with Gasteiger partial charge in [-0.1, -0.05) is 24.3 Å². The number of nitrogens with zero attached hydrogens (tertiary/aromatic N) is 3. The van der Waals surface area contributed by atoms with Gasteiger partial charge in [-0.15, -0.1) is 0 Å². The lowest BCUT2D eigenvalue weighted by Gasteiger charge is -2.32. The van der Waals surface area contributed by atoms with Gasteiger partial charge in [-0.25, -0.2) is 9.97 Å². The lowest BCUT2D eigenvalue weighted by Crippen LogP contribution is -2.32. The van der Waals surface area contributed by atoms with Crippen LogP contribution in [0.3, 0.4) is 0 Å². The SMILES string of the molecule is Clc1nc2c(c(N3CCc4ccccc4C3)n1)CCCC2. The summed E-state index contributed by atoms with van der Waals surface area (Å²) in [5.74, 6) is 1.07. The van der Waals surface area contributed by atoms with Gasteiger partial charge in [-0.2, -0.15) is 0 Å². The third-order valence-electron chi connectivity index (χ3n) is 4.56. The quantitative estimate of drug-likeness (QED) is 0.754. The van der Waals surface area contributed by atoms with Crippen LogP contribution in [0.25, 0.3) is 0 Å². The molecule has 0 radical (unpaired) electrons. The van der Waals surface area contributed by atoms with Crippen LogP contribution >= 0.6 is 11.6 Å². The van der Waals surface area contributed by atoms with Crippen molar-refractivity contribution in [2.45, 2.75) is 38.6 Å². The number of aromatic nitrogens is 2. The fraction of sp³-hybridized carbons (Fsp3) is 0.412. The second-order valence-electron chi connectivity index (χ2n) is 5.89. The van der Waals surface area contributed by atoms with Gasteiger partial charge in [-0.05, 0) is 54.8 Å². The topological polar surface area (TPSA) is 29.0 Å². The van der Waals surface area contributed by atoms with Gasteiger partial charge in [0.2, 0.25) is 5.28 Å². The van der Waals surface area contributed by atoms with Crippen LogP contribution in [0, 0.1) is 0 Å². The molecule has 1 aromatic carbocycles. The second-order valence-corrected chi connectivity index (χ2v) is 6.23. The molecule has 0 bridgehead atoms. The molecule has 1 aliphatic heterocycles. The van der Waals surface area contributed by atoms with Crippen molar-refractivity contribution >= 4 is 17.4 Å². The fourth-order valence-corrected chi connectivity index (χ4v) is 3.67.